The van der Waals surface area contributed by atoms with Crippen LogP contribution in [0.4, 0.5) is 0 Å². The van der Waals surface area contributed by atoms with Crippen molar-refractivity contribution in [2.45, 2.75) is 18.4 Å². The molecule has 0 spiro atoms. The monoisotopic (exact) mass is 394 g/mol. The summed E-state index contributed by atoms with van der Waals surface area (Å²) in [5.74, 6) is -0.373. The predicted molar refractivity (Wildman–Crippen MR) is 115 cm³/mol. The summed E-state index contributed by atoms with van der Waals surface area (Å²) in [6, 6.07) is 30.4. The van der Waals surface area contributed by atoms with Crippen molar-refractivity contribution in [3.05, 3.63) is 125 Å². The Balaban J connectivity index is 1.92. The summed E-state index contributed by atoms with van der Waals surface area (Å²) in [6.07, 6.45) is 0. The smallest absolute Gasteiger partial charge is 0.343 e. The van der Waals surface area contributed by atoms with Gasteiger partial charge >= 0.3 is 5.97 Å². The quantitative estimate of drug-likeness (QED) is 0.475. The van der Waals surface area contributed by atoms with Crippen LogP contribution in [0.3, 0.4) is 0 Å². The van der Waals surface area contributed by atoms with Gasteiger partial charge in [-0.2, -0.15) is 5.10 Å². The number of hydrogen-bond donors (Lipinski definition) is 0. The highest BCUT2D eigenvalue weighted by molar-refractivity contribution is 5.89. The number of rotatable bonds is 3. The minimum atomic E-state index is -1.18. The van der Waals surface area contributed by atoms with Crippen LogP contribution in [0.2, 0.25) is 0 Å². The van der Waals surface area contributed by atoms with Gasteiger partial charge in [0.05, 0.1) is 24.4 Å². The Kier molecular flexibility index (Phi) is 4.28. The van der Waals surface area contributed by atoms with Crippen molar-refractivity contribution in [2.24, 2.45) is 0 Å². The topological polar surface area (TPSA) is 44.1 Å². The van der Waals surface area contributed by atoms with Gasteiger partial charge in [0.15, 0.2) is 0 Å². The van der Waals surface area contributed by atoms with E-state index in [1.807, 2.05) is 78.3 Å². The summed E-state index contributed by atoms with van der Waals surface area (Å²) in [7, 11) is 1.44. The SMILES string of the molecule is COC(=O)[C@]1(c2ccccc2)c2ccccc2[C@H](c2ccccc2)c2cc(C)nn21. The van der Waals surface area contributed by atoms with E-state index in [4.69, 9.17) is 9.84 Å². The fraction of sp³-hybridized carbons (Fsp3) is 0.154. The van der Waals surface area contributed by atoms with Crippen molar-refractivity contribution in [3.63, 3.8) is 0 Å². The van der Waals surface area contributed by atoms with Gasteiger partial charge in [0.1, 0.15) is 0 Å². The highest BCUT2D eigenvalue weighted by atomic mass is 16.5. The second-order valence-corrected chi connectivity index (χ2v) is 7.62. The molecule has 30 heavy (non-hydrogen) atoms. The van der Waals surface area contributed by atoms with E-state index >= 15 is 0 Å². The minimum absolute atomic E-state index is 0.0231. The lowest BCUT2D eigenvalue weighted by Gasteiger charge is -2.41. The van der Waals surface area contributed by atoms with Crippen LogP contribution in [0.1, 0.15) is 39.6 Å². The minimum Gasteiger partial charge on any atom is -0.467 e. The van der Waals surface area contributed by atoms with Gasteiger partial charge in [-0.1, -0.05) is 84.9 Å². The number of carbonyl (C=O) groups is 1. The van der Waals surface area contributed by atoms with Crippen molar-refractivity contribution >= 4 is 5.97 Å². The zero-order chi connectivity index (χ0) is 20.7. The van der Waals surface area contributed by atoms with E-state index in [-0.39, 0.29) is 11.9 Å². The molecule has 1 aliphatic rings. The molecule has 0 radical (unpaired) electrons. The summed E-state index contributed by atoms with van der Waals surface area (Å²) in [5.41, 5.74) is 4.65. The molecule has 0 aliphatic carbocycles. The molecule has 0 bridgehead atoms. The molecule has 2 atom stereocenters. The number of fused-ring (bicyclic) bond motifs is 2. The lowest BCUT2D eigenvalue weighted by Crippen LogP contribution is -2.50. The molecule has 1 aliphatic heterocycles. The summed E-state index contributed by atoms with van der Waals surface area (Å²) < 4.78 is 7.29. The Morgan fingerprint density at radius 3 is 2.27 bits per heavy atom. The number of ether oxygens (including phenoxy) is 1. The maximum atomic E-state index is 13.6. The van der Waals surface area contributed by atoms with E-state index in [0.29, 0.717) is 0 Å². The standard InChI is InChI=1S/C26H22N2O2/c1-18-17-23-24(19-11-5-3-6-12-19)21-15-9-10-16-22(21)26(25(29)30-2,28(23)27-18)20-13-7-4-8-14-20/h3-17,24H,1-2H3/t24-,26-/m0/s1. The number of esters is 1. The van der Waals surface area contributed by atoms with Crippen molar-refractivity contribution < 1.29 is 9.53 Å². The summed E-state index contributed by atoms with van der Waals surface area (Å²) in [4.78, 5) is 13.6. The van der Waals surface area contributed by atoms with Crippen LogP contribution in [0, 0.1) is 6.92 Å². The third kappa shape index (κ3) is 2.47. The number of methoxy groups -OCH3 is 1. The molecule has 4 aromatic rings. The Morgan fingerprint density at radius 1 is 0.933 bits per heavy atom. The molecule has 4 heteroatoms. The molecule has 1 aromatic heterocycles. The molecule has 148 valence electrons. The van der Waals surface area contributed by atoms with E-state index in [2.05, 4.69) is 24.3 Å². The molecule has 0 fully saturated rings. The van der Waals surface area contributed by atoms with E-state index in [1.165, 1.54) is 7.11 Å². The number of nitrogens with zero attached hydrogens (tertiary/aromatic N) is 2. The normalized spacial score (nSPS) is 19.6. The Hall–Kier alpha value is -3.66. The highest BCUT2D eigenvalue weighted by Gasteiger charge is 2.52. The van der Waals surface area contributed by atoms with Gasteiger partial charge in [0.2, 0.25) is 5.54 Å². The van der Waals surface area contributed by atoms with Crippen LogP contribution in [0.5, 0.6) is 0 Å². The molecule has 0 amide bonds. The van der Waals surface area contributed by atoms with E-state index in [1.54, 1.807) is 0 Å². The first-order valence-corrected chi connectivity index (χ1v) is 10.0. The van der Waals surface area contributed by atoms with Gasteiger partial charge < -0.3 is 4.74 Å². The maximum absolute atomic E-state index is 13.6. The second-order valence-electron chi connectivity index (χ2n) is 7.62. The van der Waals surface area contributed by atoms with Crippen molar-refractivity contribution in [3.8, 4) is 0 Å². The van der Waals surface area contributed by atoms with Crippen LogP contribution in [0.15, 0.2) is 91.0 Å². The molecule has 2 heterocycles. The van der Waals surface area contributed by atoms with Gasteiger partial charge in [0.25, 0.3) is 0 Å². The van der Waals surface area contributed by atoms with Crippen molar-refractivity contribution in [1.82, 2.24) is 9.78 Å². The fourth-order valence-electron chi connectivity index (χ4n) is 4.76. The van der Waals surface area contributed by atoms with E-state index < -0.39 is 5.54 Å². The first kappa shape index (κ1) is 18.4. The molecular weight excluding hydrogens is 372 g/mol. The summed E-state index contributed by atoms with van der Waals surface area (Å²) in [5, 5.41) is 4.84. The molecule has 0 saturated heterocycles. The van der Waals surface area contributed by atoms with Crippen LogP contribution in [-0.4, -0.2) is 22.9 Å². The number of aryl methyl sites for hydroxylation is 1. The van der Waals surface area contributed by atoms with Crippen molar-refractivity contribution in [2.75, 3.05) is 7.11 Å². The molecule has 0 saturated carbocycles. The Labute approximate surface area is 175 Å². The first-order valence-electron chi connectivity index (χ1n) is 10.0. The molecule has 5 rings (SSSR count). The zero-order valence-electron chi connectivity index (χ0n) is 16.9. The zero-order valence-corrected chi connectivity index (χ0v) is 16.9. The summed E-state index contributed by atoms with van der Waals surface area (Å²) >= 11 is 0. The van der Waals surface area contributed by atoms with Crippen LogP contribution < -0.4 is 0 Å². The molecule has 0 unspecified atom stereocenters. The predicted octanol–water partition coefficient (Wildman–Crippen LogP) is 4.65. The van der Waals surface area contributed by atoms with Gasteiger partial charge in [-0.25, -0.2) is 9.48 Å². The number of carbonyl (C=O) groups excluding carboxylic acids is 1. The second kappa shape index (κ2) is 6.99. The maximum Gasteiger partial charge on any atom is 0.343 e. The molecule has 0 N–H and O–H groups in total. The lowest BCUT2D eigenvalue weighted by molar-refractivity contribution is -0.147. The largest absolute Gasteiger partial charge is 0.467 e. The number of hydrogen-bond acceptors (Lipinski definition) is 3. The average Bonchev–Trinajstić information content (AvgIpc) is 3.19. The van der Waals surface area contributed by atoms with Gasteiger partial charge in [0, 0.05) is 0 Å². The van der Waals surface area contributed by atoms with Crippen LogP contribution >= 0.6 is 0 Å². The van der Waals surface area contributed by atoms with Gasteiger partial charge in [-0.05, 0) is 35.2 Å². The van der Waals surface area contributed by atoms with Crippen molar-refractivity contribution in [1.29, 1.82) is 0 Å². The third-order valence-corrected chi connectivity index (χ3v) is 5.94. The molecule has 3 aromatic carbocycles. The highest BCUT2D eigenvalue weighted by Crippen LogP contribution is 2.48. The van der Waals surface area contributed by atoms with Gasteiger partial charge in [-0.15, -0.1) is 0 Å². The molecule has 4 nitrogen and oxygen atoms in total. The van der Waals surface area contributed by atoms with E-state index in [9.17, 15) is 4.79 Å². The fourth-order valence-corrected chi connectivity index (χ4v) is 4.76. The average molecular weight is 394 g/mol. The van der Waals surface area contributed by atoms with Crippen LogP contribution in [-0.2, 0) is 15.1 Å². The Bertz CT molecular complexity index is 1210. The number of benzene rings is 3. The molecular formula is C26H22N2O2. The number of aromatic nitrogens is 2. The van der Waals surface area contributed by atoms with E-state index in [0.717, 1.165) is 33.6 Å². The third-order valence-electron chi connectivity index (χ3n) is 5.94. The van der Waals surface area contributed by atoms with Gasteiger partial charge in [-0.3, -0.25) is 0 Å². The summed E-state index contributed by atoms with van der Waals surface area (Å²) in [6.45, 7) is 1.96. The Morgan fingerprint density at radius 2 is 1.57 bits per heavy atom. The first-order chi connectivity index (χ1) is 14.7. The van der Waals surface area contributed by atoms with Crippen LogP contribution in [0.25, 0.3) is 0 Å². The lowest BCUT2D eigenvalue weighted by atomic mass is 9.72.